The van der Waals surface area contributed by atoms with E-state index in [1.165, 1.54) is 19.2 Å². The fourth-order valence-corrected chi connectivity index (χ4v) is 1.76. The number of hydrazone groups is 1. The highest BCUT2D eigenvalue weighted by Gasteiger charge is 2.05. The van der Waals surface area contributed by atoms with Crippen molar-refractivity contribution in [1.29, 1.82) is 0 Å². The molecule has 0 saturated heterocycles. The second-order valence-corrected chi connectivity index (χ2v) is 4.52. The molecular weight excluding hydrogens is 282 g/mol. The summed E-state index contributed by atoms with van der Waals surface area (Å²) >= 11 is 0. The number of carbonyl (C=O) groups is 2. The summed E-state index contributed by atoms with van der Waals surface area (Å²) in [6.07, 6.45) is 1.35. The van der Waals surface area contributed by atoms with Crippen LogP contribution in [0.15, 0.2) is 53.6 Å². The number of benzene rings is 2. The number of hydrogen-bond donors (Lipinski definition) is 3. The van der Waals surface area contributed by atoms with Crippen LogP contribution in [0.1, 0.15) is 22.8 Å². The zero-order valence-corrected chi connectivity index (χ0v) is 11.9. The molecule has 0 aliphatic rings. The van der Waals surface area contributed by atoms with Crippen LogP contribution < -0.4 is 10.7 Å². The summed E-state index contributed by atoms with van der Waals surface area (Å²) in [7, 11) is 0. The van der Waals surface area contributed by atoms with Gasteiger partial charge in [-0.05, 0) is 30.3 Å². The average molecular weight is 297 g/mol. The number of aromatic hydroxyl groups is 1. The molecule has 6 nitrogen and oxygen atoms in total. The molecule has 0 fully saturated rings. The topological polar surface area (TPSA) is 90.8 Å². The van der Waals surface area contributed by atoms with Crippen molar-refractivity contribution in [2.45, 2.75) is 6.92 Å². The first kappa shape index (κ1) is 15.2. The van der Waals surface area contributed by atoms with Crippen LogP contribution in [0.3, 0.4) is 0 Å². The summed E-state index contributed by atoms with van der Waals surface area (Å²) in [6.45, 7) is 1.39. The molecule has 112 valence electrons. The minimum Gasteiger partial charge on any atom is -0.507 e. The standard InChI is InChI=1S/C16H15N3O3/c1-11(20)18-14-7-4-6-12(9-14)16(22)19-17-10-13-5-2-3-8-15(13)21/h2-10,21H,1H3,(H,18,20)(H,19,22)/b17-10-. The summed E-state index contributed by atoms with van der Waals surface area (Å²) in [4.78, 5) is 23.0. The molecule has 0 heterocycles. The van der Waals surface area contributed by atoms with Crippen LogP contribution >= 0.6 is 0 Å². The highest BCUT2D eigenvalue weighted by atomic mass is 16.3. The van der Waals surface area contributed by atoms with E-state index in [0.717, 1.165) is 0 Å². The fourth-order valence-electron chi connectivity index (χ4n) is 1.76. The van der Waals surface area contributed by atoms with Crippen molar-refractivity contribution < 1.29 is 14.7 Å². The van der Waals surface area contributed by atoms with Gasteiger partial charge in [-0.3, -0.25) is 9.59 Å². The molecular formula is C16H15N3O3. The van der Waals surface area contributed by atoms with Crippen molar-refractivity contribution in [2.24, 2.45) is 5.10 Å². The minimum atomic E-state index is -0.418. The average Bonchev–Trinajstić information content (AvgIpc) is 2.48. The molecule has 0 atom stereocenters. The molecule has 3 N–H and O–H groups in total. The van der Waals surface area contributed by atoms with Crippen LogP contribution in [0.2, 0.25) is 0 Å². The number of rotatable bonds is 4. The van der Waals surface area contributed by atoms with Crippen LogP contribution in [0, 0.1) is 0 Å². The van der Waals surface area contributed by atoms with Crippen LogP contribution in [0.4, 0.5) is 5.69 Å². The predicted molar refractivity (Wildman–Crippen MR) is 83.9 cm³/mol. The molecule has 22 heavy (non-hydrogen) atoms. The molecule has 0 aromatic heterocycles. The van der Waals surface area contributed by atoms with E-state index < -0.39 is 5.91 Å². The molecule has 6 heteroatoms. The maximum absolute atomic E-state index is 12.0. The Morgan fingerprint density at radius 2 is 1.91 bits per heavy atom. The van der Waals surface area contributed by atoms with E-state index in [0.29, 0.717) is 16.8 Å². The number of nitrogens with zero attached hydrogens (tertiary/aromatic N) is 1. The third-order valence-corrected chi connectivity index (χ3v) is 2.75. The van der Waals surface area contributed by atoms with Crippen molar-refractivity contribution in [2.75, 3.05) is 5.32 Å². The lowest BCUT2D eigenvalue weighted by atomic mass is 10.2. The van der Waals surface area contributed by atoms with Gasteiger partial charge in [-0.25, -0.2) is 5.43 Å². The predicted octanol–water partition coefficient (Wildman–Crippen LogP) is 2.11. The normalized spacial score (nSPS) is 10.4. The van der Waals surface area contributed by atoms with Gasteiger partial charge in [0.05, 0.1) is 6.21 Å². The zero-order chi connectivity index (χ0) is 15.9. The molecule has 0 aliphatic carbocycles. The molecule has 0 spiro atoms. The monoisotopic (exact) mass is 297 g/mol. The Balaban J connectivity index is 2.03. The van der Waals surface area contributed by atoms with Crippen LogP contribution in [0.25, 0.3) is 0 Å². The van der Waals surface area contributed by atoms with Crippen LogP contribution in [-0.4, -0.2) is 23.1 Å². The van der Waals surface area contributed by atoms with Gasteiger partial charge in [-0.15, -0.1) is 0 Å². The van der Waals surface area contributed by atoms with Gasteiger partial charge in [0.1, 0.15) is 5.75 Å². The molecule has 0 saturated carbocycles. The van der Waals surface area contributed by atoms with Crippen LogP contribution in [-0.2, 0) is 4.79 Å². The van der Waals surface area contributed by atoms with Crippen molar-refractivity contribution in [3.63, 3.8) is 0 Å². The van der Waals surface area contributed by atoms with Crippen LogP contribution in [0.5, 0.6) is 5.75 Å². The number of phenols is 1. The zero-order valence-electron chi connectivity index (χ0n) is 11.9. The molecule has 2 rings (SSSR count). The molecule has 0 aliphatic heterocycles. The smallest absolute Gasteiger partial charge is 0.271 e. The summed E-state index contributed by atoms with van der Waals surface area (Å²) in [5.41, 5.74) is 3.75. The summed E-state index contributed by atoms with van der Waals surface area (Å²) in [6, 6.07) is 13.1. The molecule has 2 aromatic rings. The molecule has 0 bridgehead atoms. The van der Waals surface area contributed by atoms with Gasteiger partial charge in [0.2, 0.25) is 5.91 Å². The summed E-state index contributed by atoms with van der Waals surface area (Å²) < 4.78 is 0. The second-order valence-electron chi connectivity index (χ2n) is 4.52. The Hall–Kier alpha value is -3.15. The maximum atomic E-state index is 12.0. The SMILES string of the molecule is CC(=O)Nc1cccc(C(=O)N/N=C\c2ccccc2O)c1. The van der Waals surface area contributed by atoms with Crippen molar-refractivity contribution >= 4 is 23.7 Å². The molecule has 0 radical (unpaired) electrons. The Kier molecular flexibility index (Phi) is 4.87. The first-order valence-electron chi connectivity index (χ1n) is 6.55. The van der Waals surface area contributed by atoms with E-state index >= 15 is 0 Å². The third-order valence-electron chi connectivity index (χ3n) is 2.75. The van der Waals surface area contributed by atoms with Crippen molar-refractivity contribution in [3.05, 3.63) is 59.7 Å². The Morgan fingerprint density at radius 1 is 1.14 bits per heavy atom. The quantitative estimate of drug-likeness (QED) is 0.596. The lowest BCUT2D eigenvalue weighted by Gasteiger charge is -2.04. The van der Waals surface area contributed by atoms with Gasteiger partial charge in [-0.2, -0.15) is 5.10 Å². The number of amides is 2. The van der Waals surface area contributed by atoms with E-state index in [4.69, 9.17) is 0 Å². The van der Waals surface area contributed by atoms with Gasteiger partial charge < -0.3 is 10.4 Å². The number of phenolic OH excluding ortho intramolecular Hbond substituents is 1. The van der Waals surface area contributed by atoms with Gasteiger partial charge in [0.15, 0.2) is 0 Å². The Bertz CT molecular complexity index is 726. The van der Waals surface area contributed by atoms with E-state index in [9.17, 15) is 14.7 Å². The number of para-hydroxylation sites is 1. The third kappa shape index (κ3) is 4.17. The molecule has 2 amide bonds. The van der Waals surface area contributed by atoms with E-state index in [2.05, 4.69) is 15.8 Å². The van der Waals surface area contributed by atoms with E-state index in [1.54, 1.807) is 42.5 Å². The first-order valence-corrected chi connectivity index (χ1v) is 6.55. The van der Waals surface area contributed by atoms with Gasteiger partial charge >= 0.3 is 0 Å². The maximum Gasteiger partial charge on any atom is 0.271 e. The fraction of sp³-hybridized carbons (Fsp3) is 0.0625. The highest BCUT2D eigenvalue weighted by molar-refractivity contribution is 5.97. The lowest BCUT2D eigenvalue weighted by Crippen LogP contribution is -2.18. The van der Waals surface area contributed by atoms with Gasteiger partial charge in [0.25, 0.3) is 5.91 Å². The lowest BCUT2D eigenvalue weighted by molar-refractivity contribution is -0.114. The Labute approximate surface area is 127 Å². The molecule has 0 unspecified atom stereocenters. The largest absolute Gasteiger partial charge is 0.507 e. The van der Waals surface area contributed by atoms with Gasteiger partial charge in [-0.1, -0.05) is 18.2 Å². The summed E-state index contributed by atoms with van der Waals surface area (Å²) in [5, 5.41) is 16.0. The van der Waals surface area contributed by atoms with Crippen molar-refractivity contribution in [1.82, 2.24) is 5.43 Å². The summed E-state index contributed by atoms with van der Waals surface area (Å²) in [5.74, 6) is -0.554. The minimum absolute atomic E-state index is 0.0770. The second kappa shape index (κ2) is 7.03. The van der Waals surface area contributed by atoms with E-state index in [-0.39, 0.29) is 11.7 Å². The van der Waals surface area contributed by atoms with Gasteiger partial charge in [0, 0.05) is 23.7 Å². The number of hydrogen-bond acceptors (Lipinski definition) is 4. The number of nitrogens with one attached hydrogen (secondary N) is 2. The van der Waals surface area contributed by atoms with E-state index in [1.807, 2.05) is 0 Å². The first-order chi connectivity index (χ1) is 10.6. The number of anilines is 1. The Morgan fingerprint density at radius 3 is 2.64 bits per heavy atom. The highest BCUT2D eigenvalue weighted by Crippen LogP contribution is 2.13. The molecule has 2 aromatic carbocycles. The number of carbonyl (C=O) groups excluding carboxylic acids is 2. The van der Waals surface area contributed by atoms with Crippen molar-refractivity contribution in [3.8, 4) is 5.75 Å².